The van der Waals surface area contributed by atoms with Gasteiger partial charge >= 0.3 is 5.97 Å². The number of esters is 1. The second-order valence-corrected chi connectivity index (χ2v) is 6.88. The van der Waals surface area contributed by atoms with Gasteiger partial charge in [0.15, 0.2) is 0 Å². The van der Waals surface area contributed by atoms with Gasteiger partial charge in [-0.3, -0.25) is 23.9 Å². The van der Waals surface area contributed by atoms with E-state index in [9.17, 15) is 14.4 Å². The van der Waals surface area contributed by atoms with Gasteiger partial charge in [0.25, 0.3) is 5.56 Å². The minimum atomic E-state index is -0.521. The number of aromatic nitrogens is 2. The number of para-hydroxylation sites is 1. The number of amides is 1. The van der Waals surface area contributed by atoms with Crippen molar-refractivity contribution in [2.24, 2.45) is 0 Å². The molecule has 0 N–H and O–H groups in total. The Morgan fingerprint density at radius 1 is 1.18 bits per heavy atom. The SMILES string of the molecule is CCOC(=O)CN(C(=O)Cn1cnc2ccc(Br)cc2c1=O)c1ccccc1. The highest BCUT2D eigenvalue weighted by Crippen LogP contribution is 2.16. The minimum Gasteiger partial charge on any atom is -0.465 e. The highest BCUT2D eigenvalue weighted by molar-refractivity contribution is 9.10. The van der Waals surface area contributed by atoms with E-state index in [1.54, 1.807) is 49.4 Å². The molecule has 0 saturated heterocycles. The second kappa shape index (κ2) is 8.79. The smallest absolute Gasteiger partial charge is 0.326 e. The van der Waals surface area contributed by atoms with Crippen molar-refractivity contribution in [3.8, 4) is 0 Å². The number of benzene rings is 2. The quantitative estimate of drug-likeness (QED) is 0.547. The third-order valence-electron chi connectivity index (χ3n) is 4.05. The van der Waals surface area contributed by atoms with Crippen LogP contribution in [0.3, 0.4) is 0 Å². The van der Waals surface area contributed by atoms with Crippen molar-refractivity contribution in [1.82, 2.24) is 9.55 Å². The van der Waals surface area contributed by atoms with E-state index in [0.29, 0.717) is 16.6 Å². The first kappa shape index (κ1) is 19.8. The van der Waals surface area contributed by atoms with Crippen LogP contribution in [0.4, 0.5) is 5.69 Å². The van der Waals surface area contributed by atoms with Crippen molar-refractivity contribution in [1.29, 1.82) is 0 Å². The van der Waals surface area contributed by atoms with Gasteiger partial charge in [-0.05, 0) is 37.3 Å². The fraction of sp³-hybridized carbons (Fsp3) is 0.200. The third-order valence-corrected chi connectivity index (χ3v) is 4.55. The molecule has 3 aromatic rings. The van der Waals surface area contributed by atoms with Crippen LogP contribution < -0.4 is 10.5 Å². The Bertz CT molecular complexity index is 1070. The van der Waals surface area contributed by atoms with E-state index in [4.69, 9.17) is 4.74 Å². The van der Waals surface area contributed by atoms with Gasteiger partial charge in [0.1, 0.15) is 13.1 Å². The summed E-state index contributed by atoms with van der Waals surface area (Å²) in [6.45, 7) is 1.43. The Balaban J connectivity index is 1.91. The van der Waals surface area contributed by atoms with E-state index in [1.807, 2.05) is 6.07 Å². The first-order chi connectivity index (χ1) is 13.5. The Labute approximate surface area is 169 Å². The molecule has 0 unspecified atom stereocenters. The summed E-state index contributed by atoms with van der Waals surface area (Å²) in [5.41, 5.74) is 0.761. The zero-order chi connectivity index (χ0) is 20.1. The van der Waals surface area contributed by atoms with Crippen molar-refractivity contribution in [2.75, 3.05) is 18.1 Å². The number of fused-ring (bicyclic) bond motifs is 1. The van der Waals surface area contributed by atoms with Gasteiger partial charge in [-0.2, -0.15) is 0 Å². The van der Waals surface area contributed by atoms with Crippen LogP contribution in [0, 0.1) is 0 Å². The van der Waals surface area contributed by atoms with Crippen LogP contribution in [-0.4, -0.2) is 34.6 Å². The molecule has 0 bridgehead atoms. The van der Waals surface area contributed by atoms with Crippen molar-refractivity contribution in [3.05, 3.63) is 69.7 Å². The maximum absolute atomic E-state index is 12.9. The number of halogens is 1. The van der Waals surface area contributed by atoms with Crippen LogP contribution in [0.1, 0.15) is 6.92 Å². The highest BCUT2D eigenvalue weighted by Gasteiger charge is 2.21. The summed E-state index contributed by atoms with van der Waals surface area (Å²) in [7, 11) is 0. The molecule has 0 saturated carbocycles. The number of hydrogen-bond donors (Lipinski definition) is 0. The number of carbonyl (C=O) groups excluding carboxylic acids is 2. The van der Waals surface area contributed by atoms with E-state index in [2.05, 4.69) is 20.9 Å². The predicted octanol–water partition coefficient (Wildman–Crippen LogP) is 2.76. The summed E-state index contributed by atoms with van der Waals surface area (Å²) in [5.74, 6) is -0.940. The summed E-state index contributed by atoms with van der Waals surface area (Å²) in [5, 5.41) is 0.404. The molecular formula is C20H18BrN3O4. The number of hydrogen-bond acceptors (Lipinski definition) is 5. The Morgan fingerprint density at radius 2 is 1.93 bits per heavy atom. The van der Waals surface area contributed by atoms with Gasteiger partial charge in [0, 0.05) is 10.2 Å². The van der Waals surface area contributed by atoms with Gasteiger partial charge in [-0.25, -0.2) is 4.98 Å². The molecule has 0 aliphatic rings. The number of carbonyl (C=O) groups is 2. The molecule has 0 spiro atoms. The molecule has 1 heterocycles. The standard InChI is InChI=1S/C20H18BrN3O4/c1-2-28-19(26)12-24(15-6-4-3-5-7-15)18(25)11-23-13-22-17-9-8-14(21)10-16(17)20(23)27/h3-10,13H,2,11-12H2,1H3. The minimum absolute atomic E-state index is 0.221. The van der Waals surface area contributed by atoms with Crippen LogP contribution >= 0.6 is 15.9 Å². The molecular weight excluding hydrogens is 426 g/mol. The number of rotatable bonds is 6. The summed E-state index contributed by atoms with van der Waals surface area (Å²) < 4.78 is 6.95. The van der Waals surface area contributed by atoms with E-state index < -0.39 is 11.9 Å². The summed E-state index contributed by atoms with van der Waals surface area (Å²) in [6.07, 6.45) is 1.34. The average Bonchev–Trinajstić information content (AvgIpc) is 2.69. The van der Waals surface area contributed by atoms with Gasteiger partial charge < -0.3 is 4.74 Å². The molecule has 1 aromatic heterocycles. The summed E-state index contributed by atoms with van der Waals surface area (Å²) >= 11 is 3.34. The molecule has 144 valence electrons. The lowest BCUT2D eigenvalue weighted by atomic mass is 10.2. The number of ether oxygens (including phenoxy) is 1. The highest BCUT2D eigenvalue weighted by atomic mass is 79.9. The number of nitrogens with zero attached hydrogens (tertiary/aromatic N) is 3. The fourth-order valence-corrected chi connectivity index (χ4v) is 3.10. The van der Waals surface area contributed by atoms with Crippen molar-refractivity contribution < 1.29 is 14.3 Å². The fourth-order valence-electron chi connectivity index (χ4n) is 2.74. The van der Waals surface area contributed by atoms with Crippen LogP contribution in [0.15, 0.2) is 64.1 Å². The van der Waals surface area contributed by atoms with Crippen LogP contribution in [0.2, 0.25) is 0 Å². The van der Waals surface area contributed by atoms with E-state index >= 15 is 0 Å². The summed E-state index contributed by atoms with van der Waals surface area (Å²) in [4.78, 5) is 43.2. The maximum Gasteiger partial charge on any atom is 0.326 e. The van der Waals surface area contributed by atoms with Gasteiger partial charge in [0.2, 0.25) is 5.91 Å². The maximum atomic E-state index is 12.9. The second-order valence-electron chi connectivity index (χ2n) is 5.96. The van der Waals surface area contributed by atoms with Crippen LogP contribution in [-0.2, 0) is 20.9 Å². The zero-order valence-corrected chi connectivity index (χ0v) is 16.8. The lowest BCUT2D eigenvalue weighted by molar-refractivity contribution is -0.142. The largest absolute Gasteiger partial charge is 0.465 e. The van der Waals surface area contributed by atoms with Gasteiger partial charge in [0.05, 0.1) is 23.8 Å². The first-order valence-corrected chi connectivity index (χ1v) is 9.44. The molecule has 0 aliphatic carbocycles. The normalized spacial score (nSPS) is 10.6. The molecule has 8 heteroatoms. The summed E-state index contributed by atoms with van der Waals surface area (Å²) in [6, 6.07) is 14.0. The topological polar surface area (TPSA) is 81.5 Å². The van der Waals surface area contributed by atoms with Crippen molar-refractivity contribution in [2.45, 2.75) is 13.5 Å². The Morgan fingerprint density at radius 3 is 2.64 bits per heavy atom. The monoisotopic (exact) mass is 443 g/mol. The van der Waals surface area contributed by atoms with E-state index in [1.165, 1.54) is 15.8 Å². The van der Waals surface area contributed by atoms with Gasteiger partial charge in [-0.15, -0.1) is 0 Å². The Kier molecular flexibility index (Phi) is 6.20. The molecule has 0 atom stereocenters. The van der Waals surface area contributed by atoms with Crippen molar-refractivity contribution >= 4 is 44.4 Å². The molecule has 0 fully saturated rings. The van der Waals surface area contributed by atoms with Crippen molar-refractivity contribution in [3.63, 3.8) is 0 Å². The van der Waals surface area contributed by atoms with Gasteiger partial charge in [-0.1, -0.05) is 34.1 Å². The van der Waals surface area contributed by atoms with E-state index in [-0.39, 0.29) is 25.3 Å². The average molecular weight is 444 g/mol. The lowest BCUT2D eigenvalue weighted by Gasteiger charge is -2.22. The molecule has 7 nitrogen and oxygen atoms in total. The first-order valence-electron chi connectivity index (χ1n) is 8.65. The third kappa shape index (κ3) is 4.45. The molecule has 28 heavy (non-hydrogen) atoms. The van der Waals surface area contributed by atoms with Crippen LogP contribution in [0.5, 0.6) is 0 Å². The van der Waals surface area contributed by atoms with Crippen LogP contribution in [0.25, 0.3) is 10.9 Å². The molecule has 0 aliphatic heterocycles. The molecule has 1 amide bonds. The molecule has 2 aromatic carbocycles. The molecule has 0 radical (unpaired) electrons. The van der Waals surface area contributed by atoms with E-state index in [0.717, 1.165) is 4.47 Å². The molecule has 3 rings (SSSR count). The lowest BCUT2D eigenvalue weighted by Crippen LogP contribution is -2.40. The predicted molar refractivity (Wildman–Crippen MR) is 109 cm³/mol. The zero-order valence-electron chi connectivity index (χ0n) is 15.2. The Hall–Kier alpha value is -3.00. The number of anilines is 1.